The molecule has 1 atom stereocenters. The minimum Gasteiger partial charge on any atom is -0.497 e. The molecule has 0 bridgehead atoms. The van der Waals surface area contributed by atoms with Gasteiger partial charge >= 0.3 is 0 Å². The molecule has 0 saturated heterocycles. The fourth-order valence-corrected chi connectivity index (χ4v) is 7.54. The highest BCUT2D eigenvalue weighted by atomic mass is 32.2. The van der Waals surface area contributed by atoms with Crippen LogP contribution in [0.3, 0.4) is 0 Å². The average Bonchev–Trinajstić information content (AvgIpc) is 3.63. The quantitative estimate of drug-likeness (QED) is 0.158. The topological polar surface area (TPSA) is 105 Å². The zero-order chi connectivity index (χ0) is 34.8. The van der Waals surface area contributed by atoms with Crippen molar-refractivity contribution in [3.63, 3.8) is 0 Å². The van der Waals surface area contributed by atoms with E-state index in [0.29, 0.717) is 23.8 Å². The Morgan fingerprint density at radius 2 is 1.53 bits per heavy atom. The van der Waals surface area contributed by atoms with Crippen LogP contribution >= 0.6 is 0 Å². The van der Waals surface area contributed by atoms with Crippen molar-refractivity contribution in [1.82, 2.24) is 10.2 Å². The molecule has 0 aromatic heterocycles. The van der Waals surface area contributed by atoms with Gasteiger partial charge in [-0.3, -0.25) is 13.9 Å². The lowest BCUT2D eigenvalue weighted by atomic mass is 10.0. The maximum absolute atomic E-state index is 14.7. The molecule has 0 spiro atoms. The molecule has 2 amide bonds. The van der Waals surface area contributed by atoms with Crippen LogP contribution in [-0.4, -0.2) is 57.5 Å². The molecule has 5 rings (SSSR count). The number of methoxy groups -OCH3 is 1. The third-order valence-electron chi connectivity index (χ3n) is 8.78. The lowest BCUT2D eigenvalue weighted by Gasteiger charge is -2.34. The highest BCUT2D eigenvalue weighted by Crippen LogP contribution is 2.27. The molecule has 10 heteroatoms. The number of aryl methyl sites for hydroxylation is 1. The van der Waals surface area contributed by atoms with Crippen molar-refractivity contribution < 1.29 is 27.5 Å². The molecule has 0 radical (unpaired) electrons. The van der Waals surface area contributed by atoms with E-state index in [-0.39, 0.29) is 29.8 Å². The predicted octanol–water partition coefficient (Wildman–Crippen LogP) is 6.30. The van der Waals surface area contributed by atoms with E-state index < -0.39 is 28.5 Å². The van der Waals surface area contributed by atoms with Gasteiger partial charge in [0.15, 0.2) is 0 Å². The Labute approximate surface area is 289 Å². The predicted molar refractivity (Wildman–Crippen MR) is 191 cm³/mol. The van der Waals surface area contributed by atoms with E-state index in [0.717, 1.165) is 46.7 Å². The van der Waals surface area contributed by atoms with Crippen molar-refractivity contribution in [3.8, 4) is 11.5 Å². The summed E-state index contributed by atoms with van der Waals surface area (Å²) >= 11 is 0. The summed E-state index contributed by atoms with van der Waals surface area (Å²) in [5.74, 6) is 0.379. The largest absolute Gasteiger partial charge is 0.497 e. The number of nitrogens with zero attached hydrogens (tertiary/aromatic N) is 2. The number of nitrogens with one attached hydrogen (secondary N) is 1. The van der Waals surface area contributed by atoms with Crippen LogP contribution in [0, 0.1) is 6.92 Å². The summed E-state index contributed by atoms with van der Waals surface area (Å²) < 4.78 is 40.8. The van der Waals surface area contributed by atoms with Gasteiger partial charge in [0, 0.05) is 19.0 Å². The van der Waals surface area contributed by atoms with Gasteiger partial charge in [0.2, 0.25) is 11.8 Å². The Balaban J connectivity index is 1.56. The van der Waals surface area contributed by atoms with Gasteiger partial charge in [-0.15, -0.1) is 0 Å². The first-order chi connectivity index (χ1) is 23.7. The van der Waals surface area contributed by atoms with Gasteiger partial charge in [0.1, 0.15) is 24.1 Å². The lowest BCUT2D eigenvalue weighted by Crippen LogP contribution is -2.54. The third kappa shape index (κ3) is 9.20. The number of hydrogen-bond donors (Lipinski definition) is 1. The van der Waals surface area contributed by atoms with E-state index in [1.807, 2.05) is 80.6 Å². The Morgan fingerprint density at radius 1 is 0.857 bits per heavy atom. The molecule has 0 heterocycles. The van der Waals surface area contributed by atoms with Gasteiger partial charge in [0.05, 0.1) is 24.3 Å². The van der Waals surface area contributed by atoms with Crippen LogP contribution in [0.15, 0.2) is 108 Å². The van der Waals surface area contributed by atoms with Crippen molar-refractivity contribution in [1.29, 1.82) is 0 Å². The number of anilines is 1. The fourth-order valence-electron chi connectivity index (χ4n) is 6.13. The van der Waals surface area contributed by atoms with Crippen molar-refractivity contribution in [2.45, 2.75) is 69.5 Å². The molecule has 4 aromatic carbocycles. The lowest BCUT2D eigenvalue weighted by molar-refractivity contribution is -0.140. The number of amides is 2. The maximum Gasteiger partial charge on any atom is 0.264 e. The zero-order valence-corrected chi connectivity index (χ0v) is 29.2. The highest BCUT2D eigenvalue weighted by Gasteiger charge is 2.35. The normalized spacial score (nSPS) is 13.8. The summed E-state index contributed by atoms with van der Waals surface area (Å²) in [5.41, 5.74) is 2.91. The molecule has 49 heavy (non-hydrogen) atoms. The number of carbonyl (C=O) groups excluding carboxylic acids is 2. The van der Waals surface area contributed by atoms with E-state index in [1.165, 1.54) is 17.0 Å². The second-order valence-electron chi connectivity index (χ2n) is 12.3. The van der Waals surface area contributed by atoms with Gasteiger partial charge in [-0.05, 0) is 86.3 Å². The molecule has 258 valence electrons. The summed E-state index contributed by atoms with van der Waals surface area (Å²) in [7, 11) is -2.65. The molecular formula is C39H45N3O6S. The number of rotatable bonds is 15. The van der Waals surface area contributed by atoms with Crippen LogP contribution < -0.4 is 19.1 Å². The molecule has 1 fully saturated rings. The van der Waals surface area contributed by atoms with Crippen molar-refractivity contribution in [3.05, 3.63) is 120 Å². The summed E-state index contributed by atoms with van der Waals surface area (Å²) in [6.45, 7) is 3.75. The molecule has 0 aliphatic heterocycles. The minimum absolute atomic E-state index is 0.0171. The van der Waals surface area contributed by atoms with Crippen LogP contribution in [-0.2, 0) is 32.6 Å². The van der Waals surface area contributed by atoms with E-state index in [1.54, 1.807) is 31.4 Å². The first kappa shape index (κ1) is 35.5. The molecule has 9 nitrogen and oxygen atoms in total. The average molecular weight is 684 g/mol. The van der Waals surface area contributed by atoms with Crippen LogP contribution in [0.2, 0.25) is 0 Å². The standard InChI is InChI=1S/C39H45N3O6S/c1-4-48-34-21-23-36(24-22-34)49(45,46)42(33-19-17-29(2)18-20-33)28-38(43)41(27-31-13-10-16-35(25-31)47-3)37(26-30-11-6-5-7-12-30)39(44)40-32-14-8-9-15-32/h5-7,10-13,16-25,32,37H,4,8-9,14-15,26-28H2,1-3H3,(H,40,44)/t37-/m0/s1. The third-order valence-corrected chi connectivity index (χ3v) is 10.6. The smallest absolute Gasteiger partial charge is 0.264 e. The van der Waals surface area contributed by atoms with Crippen LogP contribution in [0.1, 0.15) is 49.3 Å². The molecule has 1 N–H and O–H groups in total. The van der Waals surface area contributed by atoms with Crippen LogP contribution in [0.5, 0.6) is 11.5 Å². The monoisotopic (exact) mass is 683 g/mol. The summed E-state index contributed by atoms with van der Waals surface area (Å²) in [6.07, 6.45) is 4.10. The van der Waals surface area contributed by atoms with Gasteiger partial charge in [-0.1, -0.05) is 73.0 Å². The fraction of sp³-hybridized carbons (Fsp3) is 0.333. The minimum atomic E-state index is -4.22. The molecule has 4 aromatic rings. The molecule has 1 aliphatic rings. The number of hydrogen-bond acceptors (Lipinski definition) is 6. The van der Waals surface area contributed by atoms with Crippen LogP contribution in [0.25, 0.3) is 0 Å². The summed E-state index contributed by atoms with van der Waals surface area (Å²) in [6, 6.07) is 29.2. The van der Waals surface area contributed by atoms with Crippen LogP contribution in [0.4, 0.5) is 5.69 Å². The van der Waals surface area contributed by atoms with Gasteiger partial charge in [-0.2, -0.15) is 0 Å². The summed E-state index contributed by atoms with van der Waals surface area (Å²) in [5, 5.41) is 3.20. The Kier molecular flexibility index (Phi) is 12.0. The highest BCUT2D eigenvalue weighted by molar-refractivity contribution is 7.92. The molecule has 1 aliphatic carbocycles. The van der Waals surface area contributed by atoms with Gasteiger partial charge in [-0.25, -0.2) is 8.42 Å². The second kappa shape index (κ2) is 16.5. The zero-order valence-electron chi connectivity index (χ0n) is 28.4. The van der Waals surface area contributed by atoms with E-state index in [4.69, 9.17) is 9.47 Å². The van der Waals surface area contributed by atoms with Crippen molar-refractivity contribution >= 4 is 27.5 Å². The number of carbonyl (C=O) groups is 2. The summed E-state index contributed by atoms with van der Waals surface area (Å²) in [4.78, 5) is 30.5. The first-order valence-electron chi connectivity index (χ1n) is 16.8. The maximum atomic E-state index is 14.7. The van der Waals surface area contributed by atoms with Crippen molar-refractivity contribution in [2.24, 2.45) is 0 Å². The number of benzene rings is 4. The molecule has 1 saturated carbocycles. The Bertz CT molecular complexity index is 1790. The Hall–Kier alpha value is -4.83. The second-order valence-corrected chi connectivity index (χ2v) is 14.2. The number of sulfonamides is 1. The first-order valence-corrected chi connectivity index (χ1v) is 18.2. The molecule has 0 unspecified atom stereocenters. The Morgan fingerprint density at radius 3 is 2.18 bits per heavy atom. The van der Waals surface area contributed by atoms with Crippen molar-refractivity contribution in [2.75, 3.05) is 24.6 Å². The van der Waals surface area contributed by atoms with Gasteiger partial charge < -0.3 is 19.7 Å². The van der Waals surface area contributed by atoms with E-state index in [2.05, 4.69) is 5.32 Å². The van der Waals surface area contributed by atoms with E-state index >= 15 is 0 Å². The SMILES string of the molecule is CCOc1ccc(S(=O)(=O)N(CC(=O)N(Cc2cccc(OC)c2)[C@@H](Cc2ccccc2)C(=O)NC2CCCC2)c2ccc(C)cc2)cc1. The number of ether oxygens (including phenoxy) is 2. The van der Waals surface area contributed by atoms with Gasteiger partial charge in [0.25, 0.3) is 10.0 Å². The molecular weight excluding hydrogens is 639 g/mol. The van der Waals surface area contributed by atoms with E-state index in [9.17, 15) is 18.0 Å².